The number of fused-ring (bicyclic) bond motifs is 1. The lowest BCUT2D eigenvalue weighted by Crippen LogP contribution is -2.43. The molecule has 30 heavy (non-hydrogen) atoms. The third kappa shape index (κ3) is 4.48. The number of carbonyl (C=O) groups excluding carboxylic acids is 1. The molecule has 6 nitrogen and oxygen atoms in total. The van der Waals surface area contributed by atoms with Gasteiger partial charge in [0, 0.05) is 31.7 Å². The van der Waals surface area contributed by atoms with Gasteiger partial charge in [-0.3, -0.25) is 14.6 Å². The fraction of sp³-hybridized carbons (Fsp3) is 0.391. The minimum absolute atomic E-state index is 0.0596. The lowest BCUT2D eigenvalue weighted by atomic mass is 10.1. The summed E-state index contributed by atoms with van der Waals surface area (Å²) >= 11 is 1.57. The average Bonchev–Trinajstić information content (AvgIpc) is 3.18. The number of ether oxygens (including phenoxy) is 2. The van der Waals surface area contributed by atoms with Crippen molar-refractivity contribution in [3.05, 3.63) is 53.1 Å². The number of aromatic nitrogens is 1. The maximum absolute atomic E-state index is 13.5. The lowest BCUT2D eigenvalue weighted by molar-refractivity contribution is 0.0391. The van der Waals surface area contributed by atoms with Gasteiger partial charge in [0.25, 0.3) is 5.91 Å². The van der Waals surface area contributed by atoms with Gasteiger partial charge in [-0.2, -0.15) is 0 Å². The molecule has 1 amide bonds. The van der Waals surface area contributed by atoms with Crippen molar-refractivity contribution in [2.75, 3.05) is 51.4 Å². The molecule has 2 heterocycles. The number of nitrogens with zero attached hydrogens (tertiary/aromatic N) is 3. The highest BCUT2D eigenvalue weighted by Gasteiger charge is 2.23. The Morgan fingerprint density at radius 1 is 1.23 bits per heavy atom. The number of carbonyl (C=O) groups is 1. The van der Waals surface area contributed by atoms with Gasteiger partial charge < -0.3 is 9.47 Å². The second-order valence-corrected chi connectivity index (χ2v) is 8.58. The number of morpholine rings is 1. The Hall–Kier alpha value is -2.48. The van der Waals surface area contributed by atoms with E-state index in [1.807, 2.05) is 23.1 Å². The van der Waals surface area contributed by atoms with Crippen LogP contribution in [0.25, 0.3) is 10.2 Å². The van der Waals surface area contributed by atoms with E-state index in [0.717, 1.165) is 53.8 Å². The van der Waals surface area contributed by atoms with Crippen LogP contribution >= 0.6 is 11.3 Å². The Morgan fingerprint density at radius 3 is 2.80 bits per heavy atom. The first-order valence-corrected chi connectivity index (χ1v) is 11.0. The largest absolute Gasteiger partial charge is 0.497 e. The molecule has 1 aliphatic heterocycles. The number of benzene rings is 2. The molecule has 0 saturated carbocycles. The molecule has 1 aromatic heterocycles. The molecule has 0 radical (unpaired) electrons. The average molecular weight is 426 g/mol. The molecular weight excluding hydrogens is 398 g/mol. The van der Waals surface area contributed by atoms with E-state index in [1.165, 1.54) is 5.56 Å². The highest BCUT2D eigenvalue weighted by atomic mass is 32.1. The van der Waals surface area contributed by atoms with Crippen LogP contribution in [-0.4, -0.2) is 62.3 Å². The summed E-state index contributed by atoms with van der Waals surface area (Å²) in [6, 6.07) is 11.6. The summed E-state index contributed by atoms with van der Waals surface area (Å²) in [5.41, 5.74) is 3.91. The maximum atomic E-state index is 13.5. The van der Waals surface area contributed by atoms with Crippen LogP contribution < -0.4 is 9.64 Å². The molecule has 1 fully saturated rings. The van der Waals surface area contributed by atoms with E-state index in [-0.39, 0.29) is 5.91 Å². The van der Waals surface area contributed by atoms with Gasteiger partial charge in [-0.25, -0.2) is 4.98 Å². The van der Waals surface area contributed by atoms with Crippen LogP contribution in [0.1, 0.15) is 21.5 Å². The van der Waals surface area contributed by atoms with Gasteiger partial charge in [0.15, 0.2) is 5.13 Å². The van der Waals surface area contributed by atoms with Crippen molar-refractivity contribution in [3.8, 4) is 5.75 Å². The third-order valence-electron chi connectivity index (χ3n) is 5.35. The van der Waals surface area contributed by atoms with Crippen molar-refractivity contribution >= 4 is 32.6 Å². The molecule has 158 valence electrons. The smallest absolute Gasteiger partial charge is 0.260 e. The van der Waals surface area contributed by atoms with Crippen LogP contribution in [-0.2, 0) is 4.74 Å². The lowest BCUT2D eigenvalue weighted by Gasteiger charge is -2.29. The van der Waals surface area contributed by atoms with Gasteiger partial charge in [-0.15, -0.1) is 0 Å². The molecule has 7 heteroatoms. The number of aryl methyl sites for hydroxylation is 2. The van der Waals surface area contributed by atoms with Crippen LogP contribution in [0.3, 0.4) is 0 Å². The number of hydrogen-bond donors (Lipinski definition) is 0. The van der Waals surface area contributed by atoms with E-state index in [1.54, 1.807) is 24.5 Å². The first-order valence-electron chi connectivity index (χ1n) is 10.2. The van der Waals surface area contributed by atoms with Crippen molar-refractivity contribution in [2.24, 2.45) is 0 Å². The Balaban J connectivity index is 1.67. The number of rotatable bonds is 6. The van der Waals surface area contributed by atoms with Crippen LogP contribution in [0.15, 0.2) is 36.4 Å². The molecule has 3 aromatic rings. The van der Waals surface area contributed by atoms with Crippen LogP contribution in [0.5, 0.6) is 5.75 Å². The molecule has 0 atom stereocenters. The number of hydrogen-bond acceptors (Lipinski definition) is 6. The molecule has 1 aliphatic rings. The third-order valence-corrected chi connectivity index (χ3v) is 6.38. The van der Waals surface area contributed by atoms with Gasteiger partial charge in [0.1, 0.15) is 5.75 Å². The number of methoxy groups -OCH3 is 1. The molecule has 0 N–H and O–H groups in total. The van der Waals surface area contributed by atoms with Crippen molar-refractivity contribution in [1.29, 1.82) is 0 Å². The van der Waals surface area contributed by atoms with E-state index in [4.69, 9.17) is 14.5 Å². The second kappa shape index (κ2) is 9.12. The summed E-state index contributed by atoms with van der Waals surface area (Å²) in [6.45, 7) is 8.77. The van der Waals surface area contributed by atoms with Crippen molar-refractivity contribution < 1.29 is 14.3 Å². The van der Waals surface area contributed by atoms with Crippen molar-refractivity contribution in [3.63, 3.8) is 0 Å². The molecule has 0 bridgehead atoms. The SMILES string of the molecule is COc1cccc(C(=O)N(CCN2CCOCC2)c2nc3c(C)cc(C)cc3s2)c1. The standard InChI is InChI=1S/C23H27N3O3S/c1-16-13-17(2)21-20(14-16)30-23(24-21)26(8-7-25-9-11-29-12-10-25)22(27)18-5-4-6-19(15-18)28-3/h4-6,13-15H,7-12H2,1-3H3. The molecule has 4 rings (SSSR count). The number of amides is 1. The topological polar surface area (TPSA) is 54.9 Å². The number of thiazole rings is 1. The fourth-order valence-electron chi connectivity index (χ4n) is 3.74. The first kappa shape index (κ1) is 20.8. The fourth-order valence-corrected chi connectivity index (χ4v) is 4.90. The molecule has 0 unspecified atom stereocenters. The van der Waals surface area contributed by atoms with E-state index in [9.17, 15) is 4.79 Å². The Labute approximate surface area is 181 Å². The molecule has 1 saturated heterocycles. The summed E-state index contributed by atoms with van der Waals surface area (Å²) in [7, 11) is 1.61. The van der Waals surface area contributed by atoms with Crippen LogP contribution in [0.2, 0.25) is 0 Å². The normalized spacial score (nSPS) is 14.8. The van der Waals surface area contributed by atoms with Gasteiger partial charge in [0.2, 0.25) is 0 Å². The van der Waals surface area contributed by atoms with Crippen molar-refractivity contribution in [2.45, 2.75) is 13.8 Å². The Kier molecular flexibility index (Phi) is 6.32. The zero-order valence-corrected chi connectivity index (χ0v) is 18.5. The highest BCUT2D eigenvalue weighted by molar-refractivity contribution is 7.22. The van der Waals surface area contributed by atoms with Crippen LogP contribution in [0.4, 0.5) is 5.13 Å². The summed E-state index contributed by atoms with van der Waals surface area (Å²) in [6.07, 6.45) is 0. The summed E-state index contributed by atoms with van der Waals surface area (Å²) in [5, 5.41) is 0.736. The minimum atomic E-state index is -0.0596. The van der Waals surface area contributed by atoms with Gasteiger partial charge in [0.05, 0.1) is 30.5 Å². The first-order chi connectivity index (χ1) is 14.5. The zero-order valence-electron chi connectivity index (χ0n) is 17.7. The highest BCUT2D eigenvalue weighted by Crippen LogP contribution is 2.32. The van der Waals surface area contributed by atoms with E-state index in [0.29, 0.717) is 17.9 Å². The van der Waals surface area contributed by atoms with E-state index < -0.39 is 0 Å². The monoisotopic (exact) mass is 425 g/mol. The predicted molar refractivity (Wildman–Crippen MR) is 121 cm³/mol. The predicted octanol–water partition coefficient (Wildman–Crippen LogP) is 3.90. The molecule has 0 aliphatic carbocycles. The zero-order chi connectivity index (χ0) is 21.1. The molecule has 2 aromatic carbocycles. The van der Waals surface area contributed by atoms with E-state index in [2.05, 4.69) is 30.9 Å². The van der Waals surface area contributed by atoms with Gasteiger partial charge in [-0.05, 0) is 49.2 Å². The maximum Gasteiger partial charge on any atom is 0.260 e. The van der Waals surface area contributed by atoms with Gasteiger partial charge in [-0.1, -0.05) is 23.5 Å². The van der Waals surface area contributed by atoms with Gasteiger partial charge >= 0.3 is 0 Å². The van der Waals surface area contributed by atoms with Crippen LogP contribution in [0, 0.1) is 13.8 Å². The Bertz CT molecular complexity index is 1040. The van der Waals surface area contributed by atoms with E-state index >= 15 is 0 Å². The summed E-state index contributed by atoms with van der Waals surface area (Å²) in [5.74, 6) is 0.611. The summed E-state index contributed by atoms with van der Waals surface area (Å²) < 4.78 is 11.9. The Morgan fingerprint density at radius 2 is 2.03 bits per heavy atom. The van der Waals surface area contributed by atoms with Crippen molar-refractivity contribution in [1.82, 2.24) is 9.88 Å². The second-order valence-electron chi connectivity index (χ2n) is 7.57. The molecule has 0 spiro atoms. The molecular formula is C23H27N3O3S. The summed E-state index contributed by atoms with van der Waals surface area (Å²) in [4.78, 5) is 22.5. The quantitative estimate of drug-likeness (QED) is 0.600. The minimum Gasteiger partial charge on any atom is -0.497 e. The number of anilines is 1.